The zero-order chi connectivity index (χ0) is 11.4. The number of rotatable bonds is 3. The quantitative estimate of drug-likeness (QED) is 0.310. The molecule has 86 valence electrons. The van der Waals surface area contributed by atoms with Crippen molar-refractivity contribution in [1.82, 2.24) is 0 Å². The zero-order valence-corrected chi connectivity index (χ0v) is 8.09. The first-order valence-electron chi connectivity index (χ1n) is 4.35. The van der Waals surface area contributed by atoms with Gasteiger partial charge in [0.2, 0.25) is 0 Å². The summed E-state index contributed by atoms with van der Waals surface area (Å²) in [6.07, 6.45) is -4.48. The number of hydrogen-bond donors (Lipinski definition) is 3. The molecule has 0 aromatic carbocycles. The highest BCUT2D eigenvalue weighted by molar-refractivity contribution is 4.94. The molecule has 1 heterocycles. The summed E-state index contributed by atoms with van der Waals surface area (Å²) in [5.74, 6) is 0. The van der Waals surface area contributed by atoms with Crippen molar-refractivity contribution in [3.63, 3.8) is 0 Å². The van der Waals surface area contributed by atoms with Crippen molar-refractivity contribution >= 4 is 0 Å². The van der Waals surface area contributed by atoms with Crippen LogP contribution in [0.1, 0.15) is 0 Å². The first kappa shape index (κ1) is 12.2. The molecule has 1 rings (SSSR count). The topological polar surface area (TPSA) is 128 Å². The van der Waals surface area contributed by atoms with E-state index in [0.717, 1.165) is 0 Å². The Morgan fingerprint density at radius 3 is 2.60 bits per heavy atom. The average molecular weight is 219 g/mol. The van der Waals surface area contributed by atoms with Crippen LogP contribution < -0.4 is 0 Å². The van der Waals surface area contributed by atoms with Crippen LogP contribution >= 0.6 is 0 Å². The van der Waals surface area contributed by atoms with Gasteiger partial charge in [-0.05, 0) is 5.53 Å². The predicted octanol–water partition coefficient (Wildman–Crippen LogP) is -1.25. The molecular weight excluding hydrogens is 206 g/mol. The van der Waals surface area contributed by atoms with Crippen molar-refractivity contribution in [2.75, 3.05) is 13.7 Å². The van der Waals surface area contributed by atoms with Crippen LogP contribution in [0.15, 0.2) is 5.11 Å². The van der Waals surface area contributed by atoms with Gasteiger partial charge in [0.25, 0.3) is 0 Å². The third-order valence-electron chi connectivity index (χ3n) is 2.27. The Balaban J connectivity index is 2.85. The molecule has 0 bridgehead atoms. The second-order valence-electron chi connectivity index (χ2n) is 3.14. The molecule has 3 N–H and O–H groups in total. The van der Waals surface area contributed by atoms with Crippen LogP contribution in [0.3, 0.4) is 0 Å². The largest absolute Gasteiger partial charge is 0.394 e. The number of nitrogens with zero attached hydrogens (tertiary/aromatic N) is 3. The van der Waals surface area contributed by atoms with Crippen molar-refractivity contribution in [1.29, 1.82) is 0 Å². The molecule has 5 atom stereocenters. The van der Waals surface area contributed by atoms with E-state index in [4.69, 9.17) is 20.1 Å². The van der Waals surface area contributed by atoms with Gasteiger partial charge in [-0.3, -0.25) is 0 Å². The number of aliphatic hydroxyl groups is 3. The lowest BCUT2D eigenvalue weighted by Crippen LogP contribution is -2.58. The Labute approximate surface area is 85.7 Å². The minimum absolute atomic E-state index is 0.453. The lowest BCUT2D eigenvalue weighted by molar-refractivity contribution is -0.267. The Morgan fingerprint density at radius 1 is 1.47 bits per heavy atom. The van der Waals surface area contributed by atoms with Gasteiger partial charge in [-0.15, -0.1) is 0 Å². The van der Waals surface area contributed by atoms with E-state index in [1.165, 1.54) is 7.11 Å². The van der Waals surface area contributed by atoms with E-state index in [9.17, 15) is 10.2 Å². The standard InChI is InChI=1S/C7H13N3O5/c1-14-7-6(13)4(9-10-8)5(12)3(2-11)15-7/h3-7,11-13H,2H2,1H3/t3-,4+,5-,6-,7-/m1/s1. The van der Waals surface area contributed by atoms with E-state index < -0.39 is 37.3 Å². The Hall–Kier alpha value is -0.890. The van der Waals surface area contributed by atoms with Crippen LogP contribution in [-0.2, 0) is 9.47 Å². The van der Waals surface area contributed by atoms with Crippen LogP contribution in [-0.4, -0.2) is 59.7 Å². The first-order valence-corrected chi connectivity index (χ1v) is 4.35. The molecule has 15 heavy (non-hydrogen) atoms. The predicted molar refractivity (Wildman–Crippen MR) is 47.7 cm³/mol. The summed E-state index contributed by atoms with van der Waals surface area (Å²) in [6.45, 7) is -0.453. The monoisotopic (exact) mass is 219 g/mol. The van der Waals surface area contributed by atoms with Gasteiger partial charge in [0.1, 0.15) is 12.2 Å². The van der Waals surface area contributed by atoms with Gasteiger partial charge in [0.05, 0.1) is 18.8 Å². The Kier molecular flexibility index (Phi) is 4.28. The molecule has 8 nitrogen and oxygen atoms in total. The summed E-state index contributed by atoms with van der Waals surface area (Å²) in [5.41, 5.74) is 8.26. The van der Waals surface area contributed by atoms with Crippen LogP contribution in [0.2, 0.25) is 0 Å². The zero-order valence-electron chi connectivity index (χ0n) is 8.09. The van der Waals surface area contributed by atoms with Crippen LogP contribution in [0.5, 0.6) is 0 Å². The minimum atomic E-state index is -1.26. The molecule has 1 fully saturated rings. The van der Waals surface area contributed by atoms with E-state index in [1.54, 1.807) is 0 Å². The summed E-state index contributed by atoms with van der Waals surface area (Å²) >= 11 is 0. The van der Waals surface area contributed by atoms with Gasteiger partial charge in [-0.2, -0.15) is 0 Å². The van der Waals surface area contributed by atoms with Crippen molar-refractivity contribution in [3.8, 4) is 0 Å². The number of methoxy groups -OCH3 is 1. The number of aliphatic hydroxyl groups excluding tert-OH is 3. The van der Waals surface area contributed by atoms with Crippen LogP contribution in [0.4, 0.5) is 0 Å². The second kappa shape index (κ2) is 5.26. The van der Waals surface area contributed by atoms with Crippen LogP contribution in [0.25, 0.3) is 10.4 Å². The molecule has 0 radical (unpaired) electrons. The highest BCUT2D eigenvalue weighted by Gasteiger charge is 2.43. The Morgan fingerprint density at radius 2 is 2.13 bits per heavy atom. The lowest BCUT2D eigenvalue weighted by Gasteiger charge is -2.39. The number of azide groups is 1. The molecule has 0 aliphatic carbocycles. The molecule has 1 aliphatic heterocycles. The van der Waals surface area contributed by atoms with Gasteiger partial charge < -0.3 is 24.8 Å². The third-order valence-corrected chi connectivity index (χ3v) is 2.27. The van der Waals surface area contributed by atoms with Crippen molar-refractivity contribution < 1.29 is 24.8 Å². The van der Waals surface area contributed by atoms with E-state index in [1.807, 2.05) is 0 Å². The van der Waals surface area contributed by atoms with Crippen LogP contribution in [0, 0.1) is 0 Å². The molecule has 0 aromatic heterocycles. The summed E-state index contributed by atoms with van der Waals surface area (Å²) < 4.78 is 9.81. The third kappa shape index (κ3) is 2.37. The maximum absolute atomic E-state index is 9.59. The number of ether oxygens (including phenoxy) is 2. The summed E-state index contributed by atoms with van der Waals surface area (Å²) in [6, 6.07) is -1.09. The van der Waals surface area contributed by atoms with E-state index in [-0.39, 0.29) is 0 Å². The summed E-state index contributed by atoms with van der Waals surface area (Å²) in [7, 11) is 1.30. The van der Waals surface area contributed by atoms with Gasteiger partial charge in [-0.1, -0.05) is 5.11 Å². The lowest BCUT2D eigenvalue weighted by atomic mass is 9.97. The normalized spacial score (nSPS) is 40.9. The maximum Gasteiger partial charge on any atom is 0.184 e. The highest BCUT2D eigenvalue weighted by Crippen LogP contribution is 2.23. The van der Waals surface area contributed by atoms with Gasteiger partial charge >= 0.3 is 0 Å². The summed E-state index contributed by atoms with van der Waals surface area (Å²) in [4.78, 5) is 2.51. The average Bonchev–Trinajstić information content (AvgIpc) is 2.25. The van der Waals surface area contributed by atoms with E-state index in [2.05, 4.69) is 10.0 Å². The van der Waals surface area contributed by atoms with Crippen molar-refractivity contribution in [3.05, 3.63) is 10.4 Å². The molecule has 0 saturated carbocycles. The van der Waals surface area contributed by atoms with Gasteiger partial charge in [0, 0.05) is 12.0 Å². The molecule has 0 amide bonds. The molecule has 1 aliphatic rings. The smallest absolute Gasteiger partial charge is 0.184 e. The maximum atomic E-state index is 9.59. The molecule has 0 unspecified atom stereocenters. The fraction of sp³-hybridized carbons (Fsp3) is 1.00. The van der Waals surface area contributed by atoms with E-state index >= 15 is 0 Å². The molecule has 8 heteroatoms. The number of hydrogen-bond acceptors (Lipinski definition) is 6. The minimum Gasteiger partial charge on any atom is -0.394 e. The van der Waals surface area contributed by atoms with E-state index in [0.29, 0.717) is 0 Å². The fourth-order valence-corrected chi connectivity index (χ4v) is 1.46. The fourth-order valence-electron chi connectivity index (χ4n) is 1.46. The molecule has 1 saturated heterocycles. The first-order chi connectivity index (χ1) is 7.15. The second-order valence-corrected chi connectivity index (χ2v) is 3.14. The van der Waals surface area contributed by atoms with Crippen molar-refractivity contribution in [2.24, 2.45) is 5.11 Å². The summed E-state index contributed by atoms with van der Waals surface area (Å²) in [5, 5.41) is 31.3. The molecule has 0 spiro atoms. The highest BCUT2D eigenvalue weighted by atomic mass is 16.7. The van der Waals surface area contributed by atoms with Gasteiger partial charge in [0.15, 0.2) is 6.29 Å². The SMILES string of the molecule is CO[C@@H]1O[C@H](CO)[C@@H](O)[C@H](N=[N+]=[N-])[C@H]1O. The molecule has 0 aromatic rings. The van der Waals surface area contributed by atoms with Gasteiger partial charge in [-0.25, -0.2) is 0 Å². The van der Waals surface area contributed by atoms with Crippen molar-refractivity contribution in [2.45, 2.75) is 30.6 Å². The Bertz CT molecular complexity index is 241. The molecular formula is C7H13N3O5.